The van der Waals surface area contributed by atoms with Crippen LogP contribution in [0.4, 0.5) is 11.4 Å². The first kappa shape index (κ1) is 53.0. The first-order valence-corrected chi connectivity index (χ1v) is 31.0. The second kappa shape index (κ2) is 18.4. The molecule has 0 atom stereocenters. The number of thiophene rings is 1. The van der Waals surface area contributed by atoms with Crippen molar-refractivity contribution in [2.75, 3.05) is 9.80 Å². The zero-order valence-electron chi connectivity index (χ0n) is 50.3. The van der Waals surface area contributed by atoms with Gasteiger partial charge in [0.25, 0.3) is 23.6 Å². The Morgan fingerprint density at radius 2 is 0.553 bits per heavy atom. The van der Waals surface area contributed by atoms with Gasteiger partial charge in [-0.3, -0.25) is 19.2 Å². The number of nitrogens with zero attached hydrogens (tertiary/aromatic N) is 2. The topological polar surface area (TPSA) is 74.8 Å². The van der Waals surface area contributed by atoms with Gasteiger partial charge in [0.1, 0.15) is 0 Å². The molecular weight excluding hydrogens is 1060 g/mol. The average molecular weight is 1130 g/mol. The van der Waals surface area contributed by atoms with E-state index < -0.39 is 0 Å². The Bertz CT molecular complexity index is 4620. The van der Waals surface area contributed by atoms with Crippen molar-refractivity contribution in [3.8, 4) is 0 Å². The van der Waals surface area contributed by atoms with E-state index in [1.807, 2.05) is 47.7 Å². The molecule has 0 fully saturated rings. The van der Waals surface area contributed by atoms with E-state index in [1.165, 1.54) is 52.2 Å². The standard InChI is InChI=1S/C78H66N2O4S/c1-39(2)43-17-13-18-44(40(3)4)71(43)79-73(81)57-29-25-51-47-21-15-23-55-61(35-33-49(65(47)55)53-27-31-59(75(79)83)69(57)67(51)53)77(9,10)63-37-38-64(85-63)78(11,12)62-36-34-50-54-28-32-60-70-58(30-26-52(68(54)70)48-22-16-24-56(62)66(48)50)74(82)80(76(60)84)72-45(41(5)6)19-14-20-46(72)42(7)8/h13-42H,1-12H3. The Morgan fingerprint density at radius 1 is 0.294 bits per heavy atom. The van der Waals surface area contributed by atoms with Gasteiger partial charge in [-0.1, -0.05) is 204 Å². The van der Waals surface area contributed by atoms with E-state index in [9.17, 15) is 19.2 Å². The molecule has 418 valence electrons. The van der Waals surface area contributed by atoms with Crippen LogP contribution in [-0.4, -0.2) is 23.6 Å². The van der Waals surface area contributed by atoms with Gasteiger partial charge in [0, 0.05) is 53.6 Å². The van der Waals surface area contributed by atoms with E-state index >= 15 is 0 Å². The number of carbonyl (C=O) groups excluding carboxylic acids is 4. The van der Waals surface area contributed by atoms with Crippen molar-refractivity contribution in [1.29, 1.82) is 0 Å². The summed E-state index contributed by atoms with van der Waals surface area (Å²) in [6.45, 7) is 26.3. The van der Waals surface area contributed by atoms with E-state index in [0.29, 0.717) is 22.3 Å². The molecule has 3 heterocycles. The minimum absolute atomic E-state index is 0.112. The van der Waals surface area contributed by atoms with Crippen molar-refractivity contribution in [3.63, 3.8) is 0 Å². The summed E-state index contributed by atoms with van der Waals surface area (Å²) in [5.74, 6) is -0.655. The van der Waals surface area contributed by atoms with E-state index in [0.717, 1.165) is 98.3 Å². The van der Waals surface area contributed by atoms with Gasteiger partial charge in [-0.2, -0.15) is 0 Å². The zero-order valence-corrected chi connectivity index (χ0v) is 51.1. The summed E-state index contributed by atoms with van der Waals surface area (Å²) in [6, 6.07) is 55.6. The molecule has 0 saturated heterocycles. The number of hydrogen-bond donors (Lipinski definition) is 0. The maximum absolute atomic E-state index is 14.9. The van der Waals surface area contributed by atoms with E-state index in [2.05, 4.69) is 204 Å². The van der Waals surface area contributed by atoms with Crippen LogP contribution in [-0.2, 0) is 10.8 Å². The van der Waals surface area contributed by atoms with E-state index in [1.54, 1.807) is 0 Å². The lowest BCUT2D eigenvalue weighted by Crippen LogP contribution is -2.41. The molecular formula is C78H66N2O4S. The summed E-state index contributed by atoms with van der Waals surface area (Å²) in [4.78, 5) is 65.2. The molecule has 12 aromatic carbocycles. The molecule has 0 unspecified atom stereocenters. The van der Waals surface area contributed by atoms with Crippen molar-refractivity contribution < 1.29 is 19.2 Å². The highest BCUT2D eigenvalue weighted by molar-refractivity contribution is 7.12. The molecule has 1 aromatic heterocycles. The molecule has 4 amide bonds. The molecule has 0 bridgehead atoms. The van der Waals surface area contributed by atoms with E-state index in [4.69, 9.17) is 0 Å². The van der Waals surface area contributed by atoms with Gasteiger partial charge in [-0.25, -0.2) is 9.80 Å². The first-order chi connectivity index (χ1) is 40.7. The van der Waals surface area contributed by atoms with Crippen molar-refractivity contribution in [2.45, 2.75) is 118 Å². The fraction of sp³-hybridized carbons (Fsp3) is 0.231. The smallest absolute Gasteiger partial charge is 0.266 e. The third kappa shape index (κ3) is 7.11. The molecule has 0 aliphatic carbocycles. The van der Waals surface area contributed by atoms with Crippen molar-refractivity contribution >= 4 is 133 Å². The highest BCUT2D eigenvalue weighted by atomic mass is 32.1. The van der Waals surface area contributed by atoms with Crippen LogP contribution in [0.3, 0.4) is 0 Å². The lowest BCUT2D eigenvalue weighted by molar-refractivity contribution is 0.0877. The second-order valence-corrected chi connectivity index (χ2v) is 27.5. The van der Waals surface area contributed by atoms with Gasteiger partial charge in [-0.05, 0) is 169 Å². The quantitative estimate of drug-likeness (QED) is 0.0777. The van der Waals surface area contributed by atoms with Gasteiger partial charge < -0.3 is 0 Å². The summed E-state index contributed by atoms with van der Waals surface area (Å²) in [5.41, 5.74) is 9.31. The van der Waals surface area contributed by atoms with Crippen LogP contribution in [0.1, 0.15) is 191 Å². The van der Waals surface area contributed by atoms with Crippen LogP contribution in [0.2, 0.25) is 0 Å². The van der Waals surface area contributed by atoms with Crippen molar-refractivity contribution in [1.82, 2.24) is 0 Å². The third-order valence-electron chi connectivity index (χ3n) is 19.6. The predicted octanol–water partition coefficient (Wildman–Crippen LogP) is 20.6. The van der Waals surface area contributed by atoms with Gasteiger partial charge >= 0.3 is 0 Å². The Labute approximate surface area is 499 Å². The largest absolute Gasteiger partial charge is 0.268 e. The highest BCUT2D eigenvalue weighted by Gasteiger charge is 2.41. The third-order valence-corrected chi connectivity index (χ3v) is 21.3. The molecule has 13 aromatic rings. The van der Waals surface area contributed by atoms with Crippen LogP contribution in [0, 0.1) is 0 Å². The molecule has 85 heavy (non-hydrogen) atoms. The minimum Gasteiger partial charge on any atom is -0.268 e. The SMILES string of the molecule is CC(C)c1cccc(C(C)C)c1N1C(=O)c2ccc3c4cccc5c(C(C)(C)c6ccc(C(C)(C)c7ccc8c9ccc%10c%11c(ccc(c%12cccc7c%128)c%119)C(=O)N(c7c(C(C)C)cccc7C(C)C)C%10=O)s6)ccc(c6ccc(c2c36)C1=O)c54. The number of amides is 4. The van der Waals surface area contributed by atoms with Crippen molar-refractivity contribution in [3.05, 3.63) is 223 Å². The van der Waals surface area contributed by atoms with Gasteiger partial charge in [0.15, 0.2) is 0 Å². The Hall–Kier alpha value is -8.78. The zero-order chi connectivity index (χ0) is 59.2. The predicted molar refractivity (Wildman–Crippen MR) is 355 cm³/mol. The van der Waals surface area contributed by atoms with Gasteiger partial charge in [-0.15, -0.1) is 11.3 Å². The van der Waals surface area contributed by atoms with Crippen LogP contribution >= 0.6 is 11.3 Å². The van der Waals surface area contributed by atoms with Gasteiger partial charge in [0.2, 0.25) is 0 Å². The summed E-state index contributed by atoms with van der Waals surface area (Å²) < 4.78 is 0. The number of anilines is 2. The Morgan fingerprint density at radius 3 is 0.859 bits per heavy atom. The first-order valence-electron chi connectivity index (χ1n) is 30.2. The molecule has 15 rings (SSSR count). The summed E-state index contributed by atoms with van der Waals surface area (Å²) in [7, 11) is 0. The van der Waals surface area contributed by atoms with Crippen molar-refractivity contribution in [2.24, 2.45) is 0 Å². The van der Waals surface area contributed by atoms with Gasteiger partial charge in [0.05, 0.1) is 11.4 Å². The Kier molecular flexibility index (Phi) is 11.4. The average Bonchev–Trinajstić information content (AvgIpc) is 1.60. The summed E-state index contributed by atoms with van der Waals surface area (Å²) in [6.07, 6.45) is 0. The number of carbonyl (C=O) groups is 4. The highest BCUT2D eigenvalue weighted by Crippen LogP contribution is 2.53. The normalized spacial score (nSPS) is 14.4. The number of benzene rings is 12. The molecule has 7 heteroatoms. The molecule has 6 nitrogen and oxygen atoms in total. The minimum atomic E-state index is -0.388. The van der Waals surface area contributed by atoms with Crippen LogP contribution in [0.5, 0.6) is 0 Å². The number of fused-ring (bicyclic) bond motifs is 4. The number of para-hydroxylation sites is 2. The number of imide groups is 2. The fourth-order valence-corrected chi connectivity index (χ4v) is 16.5. The second-order valence-electron chi connectivity index (χ2n) is 26.4. The molecule has 0 saturated carbocycles. The maximum atomic E-state index is 14.9. The number of hydrogen-bond acceptors (Lipinski definition) is 5. The lowest BCUT2D eigenvalue weighted by atomic mass is 9.77. The molecule has 0 radical (unpaired) electrons. The maximum Gasteiger partial charge on any atom is 0.266 e. The Balaban J connectivity index is 0.809. The van der Waals surface area contributed by atoms with Crippen LogP contribution < -0.4 is 9.80 Å². The molecule has 2 aliphatic rings. The van der Waals surface area contributed by atoms with E-state index in [-0.39, 0.29) is 58.1 Å². The van der Waals surface area contributed by atoms with Crippen LogP contribution in [0.15, 0.2) is 158 Å². The summed E-state index contributed by atoms with van der Waals surface area (Å²) in [5, 5.41) is 16.7. The fourth-order valence-electron chi connectivity index (χ4n) is 15.3. The summed E-state index contributed by atoms with van der Waals surface area (Å²) >= 11 is 1.87. The number of rotatable bonds is 10. The molecule has 0 N–H and O–H groups in total. The monoisotopic (exact) mass is 1130 g/mol. The molecule has 2 aliphatic heterocycles. The molecule has 0 spiro atoms. The lowest BCUT2D eigenvalue weighted by Gasteiger charge is -2.33. The van der Waals surface area contributed by atoms with Crippen LogP contribution in [0.25, 0.3) is 86.2 Å².